The number of hydrogen-bond donors (Lipinski definition) is 1. The number of aliphatic hydroxyl groups excluding tert-OH is 1. The Hall–Kier alpha value is -2.12. The van der Waals surface area contributed by atoms with Crippen molar-refractivity contribution in [2.75, 3.05) is 20.0 Å². The molecule has 0 unspecified atom stereocenters. The van der Waals surface area contributed by atoms with Crippen LogP contribution in [0.3, 0.4) is 0 Å². The van der Waals surface area contributed by atoms with Crippen molar-refractivity contribution in [1.82, 2.24) is 0 Å². The fourth-order valence-corrected chi connectivity index (χ4v) is 7.29. The number of rotatable bonds is 9. The highest BCUT2D eigenvalue weighted by molar-refractivity contribution is 7.91. The molecule has 0 radical (unpaired) electrons. The second kappa shape index (κ2) is 10.4. The molecule has 0 spiro atoms. The van der Waals surface area contributed by atoms with Gasteiger partial charge in [0.2, 0.25) is 0 Å². The van der Waals surface area contributed by atoms with Gasteiger partial charge in [0.25, 0.3) is 0 Å². The van der Waals surface area contributed by atoms with Gasteiger partial charge in [-0.05, 0) is 54.3 Å². The smallest absolute Gasteiger partial charge is 0.179 e. The molecule has 1 heterocycles. The van der Waals surface area contributed by atoms with Crippen LogP contribution in [0, 0.1) is 11.2 Å². The summed E-state index contributed by atoms with van der Waals surface area (Å²) in [7, 11) is -0.782. The minimum atomic E-state index is -3.69. The first-order valence-electron chi connectivity index (χ1n) is 11.6. The van der Waals surface area contributed by atoms with Crippen molar-refractivity contribution in [3.63, 3.8) is 0 Å². The molecular formula is C26H35FO5S. The zero-order chi connectivity index (χ0) is 24.2. The molecule has 0 saturated carbocycles. The number of halogens is 1. The maximum absolute atomic E-state index is 14.2. The maximum atomic E-state index is 14.2. The van der Waals surface area contributed by atoms with Crippen LogP contribution < -0.4 is 9.47 Å². The van der Waals surface area contributed by atoms with E-state index in [4.69, 9.17) is 9.47 Å². The molecule has 3 rings (SSSR count). The molecule has 0 aliphatic carbocycles. The average molecular weight is 479 g/mol. The van der Waals surface area contributed by atoms with Gasteiger partial charge >= 0.3 is 0 Å². The Labute approximate surface area is 196 Å². The Morgan fingerprint density at radius 1 is 1.03 bits per heavy atom. The topological polar surface area (TPSA) is 72.8 Å². The highest BCUT2D eigenvalue weighted by Crippen LogP contribution is 2.50. The van der Waals surface area contributed by atoms with E-state index in [0.29, 0.717) is 29.7 Å². The van der Waals surface area contributed by atoms with Gasteiger partial charge < -0.3 is 14.6 Å². The van der Waals surface area contributed by atoms with Gasteiger partial charge in [0, 0.05) is 11.3 Å². The molecule has 5 nitrogen and oxygen atoms in total. The Balaban J connectivity index is 2.32. The number of benzene rings is 2. The Morgan fingerprint density at radius 3 is 2.27 bits per heavy atom. The standard InChI is InChI=1S/C26H35FO5S/c1-5-7-13-26(14-8-6-2)17-33(29,30)23-12-10-19(31-3)16-20(23)24(25(26)28)18-9-11-21(27)22(15-18)32-4/h9-12,15-16,24-25,28H,5-8,13-14,17H2,1-4H3/t24-,25-/m1/s1. The van der Waals surface area contributed by atoms with Crippen LogP contribution in [-0.4, -0.2) is 39.6 Å². The Bertz CT molecular complexity index is 1060. The minimum Gasteiger partial charge on any atom is -0.497 e. The van der Waals surface area contributed by atoms with Gasteiger partial charge in [0.1, 0.15) is 5.75 Å². The van der Waals surface area contributed by atoms with E-state index in [0.717, 1.165) is 25.7 Å². The highest BCUT2D eigenvalue weighted by atomic mass is 32.2. The lowest BCUT2D eigenvalue weighted by molar-refractivity contribution is 0.0126. The van der Waals surface area contributed by atoms with Gasteiger partial charge in [0.05, 0.1) is 31.0 Å². The molecule has 2 aromatic rings. The van der Waals surface area contributed by atoms with Gasteiger partial charge in [0.15, 0.2) is 21.4 Å². The summed E-state index contributed by atoms with van der Waals surface area (Å²) in [6.45, 7) is 4.13. The molecule has 0 saturated heterocycles. The Kier molecular flexibility index (Phi) is 8.06. The summed E-state index contributed by atoms with van der Waals surface area (Å²) in [4.78, 5) is 0.200. The molecule has 0 aromatic heterocycles. The predicted molar refractivity (Wildman–Crippen MR) is 127 cm³/mol. The third-order valence-corrected chi connectivity index (χ3v) is 8.90. The van der Waals surface area contributed by atoms with Crippen molar-refractivity contribution >= 4 is 9.84 Å². The summed E-state index contributed by atoms with van der Waals surface area (Å²) < 4.78 is 52.2. The molecule has 0 fully saturated rings. The molecule has 1 N–H and O–H groups in total. The van der Waals surface area contributed by atoms with E-state index in [1.165, 1.54) is 20.3 Å². The molecule has 1 aliphatic rings. The van der Waals surface area contributed by atoms with Crippen LogP contribution in [-0.2, 0) is 9.84 Å². The lowest BCUT2D eigenvalue weighted by Gasteiger charge is -2.40. The fraction of sp³-hybridized carbons (Fsp3) is 0.538. The molecular weight excluding hydrogens is 443 g/mol. The van der Waals surface area contributed by atoms with Crippen molar-refractivity contribution in [2.45, 2.75) is 69.3 Å². The number of sulfone groups is 1. The van der Waals surface area contributed by atoms with Crippen LogP contribution in [0.4, 0.5) is 4.39 Å². The van der Waals surface area contributed by atoms with E-state index in [2.05, 4.69) is 13.8 Å². The number of ether oxygens (including phenoxy) is 2. The van der Waals surface area contributed by atoms with E-state index >= 15 is 0 Å². The van der Waals surface area contributed by atoms with Crippen molar-refractivity contribution in [3.8, 4) is 11.5 Å². The summed E-state index contributed by atoms with van der Waals surface area (Å²) in [5.41, 5.74) is 0.277. The van der Waals surface area contributed by atoms with Gasteiger partial charge in [-0.3, -0.25) is 0 Å². The summed E-state index contributed by atoms with van der Waals surface area (Å²) in [5, 5.41) is 12.0. The van der Waals surface area contributed by atoms with Crippen LogP contribution in [0.2, 0.25) is 0 Å². The lowest BCUT2D eigenvalue weighted by atomic mass is 9.68. The molecule has 2 atom stereocenters. The minimum absolute atomic E-state index is 0.0592. The second-order valence-corrected chi connectivity index (χ2v) is 11.0. The van der Waals surface area contributed by atoms with E-state index in [9.17, 15) is 17.9 Å². The van der Waals surface area contributed by atoms with Crippen LogP contribution in [0.1, 0.15) is 69.4 Å². The maximum Gasteiger partial charge on any atom is 0.179 e. The normalized spacial score (nSPS) is 21.2. The molecule has 33 heavy (non-hydrogen) atoms. The van der Waals surface area contributed by atoms with Crippen LogP contribution in [0.5, 0.6) is 11.5 Å². The van der Waals surface area contributed by atoms with E-state index in [1.54, 1.807) is 30.3 Å². The summed E-state index contributed by atoms with van der Waals surface area (Å²) in [6, 6.07) is 9.37. The molecule has 2 aromatic carbocycles. The van der Waals surface area contributed by atoms with Crippen molar-refractivity contribution in [2.24, 2.45) is 5.41 Å². The molecule has 182 valence electrons. The lowest BCUT2D eigenvalue weighted by Crippen LogP contribution is -2.43. The van der Waals surface area contributed by atoms with Crippen LogP contribution >= 0.6 is 0 Å². The monoisotopic (exact) mass is 478 g/mol. The largest absolute Gasteiger partial charge is 0.497 e. The first-order valence-corrected chi connectivity index (χ1v) is 13.3. The zero-order valence-electron chi connectivity index (χ0n) is 19.9. The third kappa shape index (κ3) is 5.04. The van der Waals surface area contributed by atoms with Crippen molar-refractivity contribution in [1.29, 1.82) is 0 Å². The van der Waals surface area contributed by atoms with E-state index in [1.807, 2.05) is 0 Å². The Morgan fingerprint density at radius 2 is 1.70 bits per heavy atom. The van der Waals surface area contributed by atoms with Crippen LogP contribution in [0.15, 0.2) is 41.3 Å². The number of methoxy groups -OCH3 is 2. The molecule has 0 bridgehead atoms. The van der Waals surface area contributed by atoms with Crippen LogP contribution in [0.25, 0.3) is 0 Å². The predicted octanol–water partition coefficient (Wildman–Crippen LogP) is 5.49. The second-order valence-electron chi connectivity index (χ2n) is 9.05. The van der Waals surface area contributed by atoms with Gasteiger partial charge in [-0.2, -0.15) is 0 Å². The third-order valence-electron chi connectivity index (χ3n) is 6.90. The average Bonchev–Trinajstić information content (AvgIpc) is 2.87. The molecule has 1 aliphatic heterocycles. The number of hydrogen-bond acceptors (Lipinski definition) is 5. The summed E-state index contributed by atoms with van der Waals surface area (Å²) in [6.07, 6.45) is 3.65. The van der Waals surface area contributed by atoms with Gasteiger partial charge in [-0.15, -0.1) is 0 Å². The SMILES string of the molecule is CCCCC1(CCCC)CS(=O)(=O)c2ccc(OC)cc2[C@@H](c2ccc(F)c(OC)c2)[C@H]1O. The quantitative estimate of drug-likeness (QED) is 0.516. The van der Waals surface area contributed by atoms with E-state index in [-0.39, 0.29) is 16.4 Å². The zero-order valence-corrected chi connectivity index (χ0v) is 20.8. The number of fused-ring (bicyclic) bond motifs is 1. The molecule has 0 amide bonds. The highest BCUT2D eigenvalue weighted by Gasteiger charge is 2.49. The summed E-state index contributed by atoms with van der Waals surface area (Å²) >= 11 is 0. The summed E-state index contributed by atoms with van der Waals surface area (Å²) in [5.74, 6) is -0.731. The first-order chi connectivity index (χ1) is 15.7. The molecule has 7 heteroatoms. The van der Waals surface area contributed by atoms with Crippen molar-refractivity contribution < 1.29 is 27.4 Å². The number of aliphatic hydroxyl groups is 1. The number of unbranched alkanes of at least 4 members (excludes halogenated alkanes) is 2. The fourth-order valence-electron chi connectivity index (χ4n) is 5.10. The first kappa shape index (κ1) is 25.5. The van der Waals surface area contributed by atoms with Crippen molar-refractivity contribution in [3.05, 3.63) is 53.3 Å². The van der Waals surface area contributed by atoms with E-state index < -0.39 is 33.1 Å². The van der Waals surface area contributed by atoms with Gasteiger partial charge in [-0.1, -0.05) is 45.6 Å². The van der Waals surface area contributed by atoms with Gasteiger partial charge in [-0.25, -0.2) is 12.8 Å².